The summed E-state index contributed by atoms with van der Waals surface area (Å²) in [5, 5.41) is 7.72. The molecule has 26 heavy (non-hydrogen) atoms. The zero-order chi connectivity index (χ0) is 19.2. The molecule has 1 unspecified atom stereocenters. The number of rotatable bonds is 5. The minimum Gasteiger partial charge on any atom is -0.464 e. The molecule has 3 aliphatic rings. The van der Waals surface area contributed by atoms with Gasteiger partial charge in [0, 0.05) is 6.04 Å². The first kappa shape index (κ1) is 19.4. The van der Waals surface area contributed by atoms with Crippen LogP contribution in [0.5, 0.6) is 0 Å². The minimum absolute atomic E-state index is 0.275. The number of aromatic nitrogens is 2. The van der Waals surface area contributed by atoms with Gasteiger partial charge < -0.3 is 10.1 Å². The fraction of sp³-hybridized carbons (Fsp3) is 0.737. The van der Waals surface area contributed by atoms with Crippen LogP contribution in [0.2, 0.25) is 0 Å². The molecule has 144 valence electrons. The SMILES string of the molecule is CCOC(=O)C(C)n1ncc(N[C@@H]2C[C@H]3C[C@@H]([C@H]2C)C3(C)C)c(Br)c1=O. The molecule has 0 spiro atoms. The number of ether oxygens (including phenoxy) is 1. The lowest BCUT2D eigenvalue weighted by Crippen LogP contribution is -2.58. The quantitative estimate of drug-likeness (QED) is 0.729. The number of nitrogens with one attached hydrogen (secondary N) is 1. The number of halogens is 1. The number of carbonyl (C=O) groups excluding carboxylic acids is 1. The molecule has 1 N–H and O–H groups in total. The highest BCUT2D eigenvalue weighted by atomic mass is 79.9. The lowest BCUT2D eigenvalue weighted by Gasteiger charge is -2.62. The first-order valence-corrected chi connectivity index (χ1v) is 10.2. The van der Waals surface area contributed by atoms with E-state index in [2.05, 4.69) is 47.1 Å². The molecule has 7 heteroatoms. The van der Waals surface area contributed by atoms with E-state index in [1.165, 1.54) is 6.42 Å². The van der Waals surface area contributed by atoms with Crippen LogP contribution in [-0.2, 0) is 9.53 Å². The van der Waals surface area contributed by atoms with Crippen molar-refractivity contribution < 1.29 is 9.53 Å². The lowest BCUT2D eigenvalue weighted by atomic mass is 9.45. The van der Waals surface area contributed by atoms with Crippen molar-refractivity contribution in [3.8, 4) is 0 Å². The fourth-order valence-corrected chi connectivity index (χ4v) is 5.12. The molecule has 0 aliphatic heterocycles. The zero-order valence-electron chi connectivity index (χ0n) is 16.1. The highest BCUT2D eigenvalue weighted by Crippen LogP contribution is 2.61. The van der Waals surface area contributed by atoms with E-state index in [0.29, 0.717) is 27.5 Å². The Labute approximate surface area is 162 Å². The summed E-state index contributed by atoms with van der Waals surface area (Å²) in [4.78, 5) is 24.5. The van der Waals surface area contributed by atoms with Crippen molar-refractivity contribution in [1.29, 1.82) is 0 Å². The molecule has 2 bridgehead atoms. The molecule has 4 rings (SSSR count). The average Bonchev–Trinajstić information content (AvgIpc) is 2.59. The normalized spacial score (nSPS) is 30.2. The van der Waals surface area contributed by atoms with Gasteiger partial charge in [0.25, 0.3) is 5.56 Å². The van der Waals surface area contributed by atoms with Crippen LogP contribution in [0, 0.1) is 23.2 Å². The number of carbonyl (C=O) groups is 1. The Balaban J connectivity index is 1.77. The third-order valence-corrected chi connectivity index (χ3v) is 7.40. The van der Waals surface area contributed by atoms with Gasteiger partial charge in [-0.1, -0.05) is 20.8 Å². The maximum atomic E-state index is 12.6. The summed E-state index contributed by atoms with van der Waals surface area (Å²) in [6.07, 6.45) is 4.04. The maximum Gasteiger partial charge on any atom is 0.330 e. The van der Waals surface area contributed by atoms with Gasteiger partial charge in [-0.05, 0) is 65.8 Å². The average molecular weight is 426 g/mol. The van der Waals surface area contributed by atoms with Crippen molar-refractivity contribution in [2.24, 2.45) is 23.2 Å². The van der Waals surface area contributed by atoms with Crippen LogP contribution in [0.25, 0.3) is 0 Å². The largest absolute Gasteiger partial charge is 0.464 e. The van der Waals surface area contributed by atoms with E-state index >= 15 is 0 Å². The third kappa shape index (κ3) is 3.08. The highest BCUT2D eigenvalue weighted by molar-refractivity contribution is 9.10. The highest BCUT2D eigenvalue weighted by Gasteiger charge is 2.56. The molecular formula is C19H28BrN3O3. The molecule has 0 amide bonds. The maximum absolute atomic E-state index is 12.6. The van der Waals surface area contributed by atoms with Gasteiger partial charge in [-0.25, -0.2) is 9.48 Å². The van der Waals surface area contributed by atoms with Crippen molar-refractivity contribution in [2.45, 2.75) is 59.5 Å². The van der Waals surface area contributed by atoms with Gasteiger partial charge in [-0.3, -0.25) is 4.79 Å². The summed E-state index contributed by atoms with van der Waals surface area (Å²) in [7, 11) is 0. The second-order valence-electron chi connectivity index (χ2n) is 8.26. The summed E-state index contributed by atoms with van der Waals surface area (Å²) in [6, 6.07) is -0.419. The Bertz CT molecular complexity index is 761. The standard InChI is InChI=1S/C19H28BrN3O3/c1-6-26-18(25)11(3)23-17(24)16(20)15(9-21-23)22-14-8-12-7-13(10(14)2)19(12,4)5/h9-14,22H,6-8H2,1-5H3/t10-,11?,12-,13+,14-/m1/s1. The van der Waals surface area contributed by atoms with Crippen LogP contribution in [0.15, 0.2) is 15.5 Å². The van der Waals surface area contributed by atoms with E-state index in [0.717, 1.165) is 22.9 Å². The molecule has 3 fully saturated rings. The number of hydrogen-bond acceptors (Lipinski definition) is 5. The van der Waals surface area contributed by atoms with Crippen LogP contribution in [0.4, 0.5) is 5.69 Å². The molecular weight excluding hydrogens is 398 g/mol. The smallest absolute Gasteiger partial charge is 0.330 e. The second-order valence-corrected chi connectivity index (χ2v) is 9.05. The van der Waals surface area contributed by atoms with Crippen molar-refractivity contribution in [2.75, 3.05) is 11.9 Å². The van der Waals surface area contributed by atoms with Gasteiger partial charge in [-0.15, -0.1) is 0 Å². The van der Waals surface area contributed by atoms with Gasteiger partial charge in [0.15, 0.2) is 6.04 Å². The second kappa shape index (κ2) is 6.98. The van der Waals surface area contributed by atoms with Crippen molar-refractivity contribution in [3.05, 3.63) is 21.0 Å². The van der Waals surface area contributed by atoms with Crippen molar-refractivity contribution in [1.82, 2.24) is 9.78 Å². The topological polar surface area (TPSA) is 73.2 Å². The van der Waals surface area contributed by atoms with Crippen molar-refractivity contribution >= 4 is 27.6 Å². The van der Waals surface area contributed by atoms with E-state index < -0.39 is 12.0 Å². The Kier molecular flexibility index (Phi) is 5.21. The number of fused-ring (bicyclic) bond motifs is 2. The Morgan fingerprint density at radius 3 is 2.77 bits per heavy atom. The van der Waals surface area contributed by atoms with E-state index in [-0.39, 0.29) is 12.2 Å². The molecule has 6 nitrogen and oxygen atoms in total. The van der Waals surface area contributed by atoms with Crippen molar-refractivity contribution in [3.63, 3.8) is 0 Å². The summed E-state index contributed by atoms with van der Waals surface area (Å²) in [6.45, 7) is 10.7. The summed E-state index contributed by atoms with van der Waals surface area (Å²) < 4.78 is 6.56. The molecule has 1 heterocycles. The Morgan fingerprint density at radius 1 is 1.50 bits per heavy atom. The fourth-order valence-electron chi connectivity index (χ4n) is 4.72. The van der Waals surface area contributed by atoms with Gasteiger partial charge in [0.1, 0.15) is 4.47 Å². The van der Waals surface area contributed by atoms with Crippen LogP contribution < -0.4 is 10.9 Å². The Hall–Kier alpha value is -1.37. The van der Waals surface area contributed by atoms with Crippen LogP contribution >= 0.6 is 15.9 Å². The zero-order valence-corrected chi connectivity index (χ0v) is 17.7. The number of anilines is 1. The molecule has 3 aliphatic carbocycles. The number of nitrogens with zero attached hydrogens (tertiary/aromatic N) is 2. The molecule has 5 atom stereocenters. The van der Waals surface area contributed by atoms with Crippen LogP contribution in [0.1, 0.15) is 53.5 Å². The van der Waals surface area contributed by atoms with E-state index in [1.807, 2.05) is 0 Å². The van der Waals surface area contributed by atoms with Gasteiger partial charge in [0.05, 0.1) is 18.5 Å². The minimum atomic E-state index is -0.755. The first-order chi connectivity index (χ1) is 12.2. The molecule has 3 saturated carbocycles. The van der Waals surface area contributed by atoms with E-state index in [1.54, 1.807) is 20.0 Å². The molecule has 0 aromatic carbocycles. The predicted octanol–water partition coefficient (Wildman–Crippen LogP) is 3.61. The van der Waals surface area contributed by atoms with Crippen LogP contribution in [0.3, 0.4) is 0 Å². The Morgan fingerprint density at radius 2 is 2.19 bits per heavy atom. The molecule has 0 saturated heterocycles. The monoisotopic (exact) mass is 425 g/mol. The molecule has 0 radical (unpaired) electrons. The number of esters is 1. The van der Waals surface area contributed by atoms with Gasteiger partial charge in [0.2, 0.25) is 0 Å². The van der Waals surface area contributed by atoms with Gasteiger partial charge >= 0.3 is 5.97 Å². The van der Waals surface area contributed by atoms with Gasteiger partial charge in [-0.2, -0.15) is 5.10 Å². The first-order valence-electron chi connectivity index (χ1n) is 9.38. The van der Waals surface area contributed by atoms with E-state index in [4.69, 9.17) is 4.74 Å². The summed E-state index contributed by atoms with van der Waals surface area (Å²) >= 11 is 3.40. The molecule has 1 aromatic heterocycles. The van der Waals surface area contributed by atoms with Crippen LogP contribution in [-0.4, -0.2) is 28.4 Å². The predicted molar refractivity (Wildman–Crippen MR) is 104 cm³/mol. The third-order valence-electron chi connectivity index (χ3n) is 6.63. The summed E-state index contributed by atoms with van der Waals surface area (Å²) in [5.74, 6) is 1.53. The number of hydrogen-bond donors (Lipinski definition) is 1. The summed E-state index contributed by atoms with van der Waals surface area (Å²) in [5.41, 5.74) is 0.786. The lowest BCUT2D eigenvalue weighted by molar-refractivity contribution is -0.147. The van der Waals surface area contributed by atoms with E-state index in [9.17, 15) is 9.59 Å². The molecule has 1 aromatic rings.